The molecule has 132 valence electrons. The van der Waals surface area contributed by atoms with Crippen LogP contribution in [-0.4, -0.2) is 35.7 Å². The van der Waals surface area contributed by atoms with Crippen LogP contribution in [-0.2, 0) is 9.53 Å². The van der Waals surface area contributed by atoms with Crippen LogP contribution in [0, 0.1) is 5.92 Å². The van der Waals surface area contributed by atoms with Crippen molar-refractivity contribution in [2.45, 2.75) is 32.3 Å². The molecule has 1 amide bonds. The van der Waals surface area contributed by atoms with E-state index in [1.54, 1.807) is 20.8 Å². The Morgan fingerprint density at radius 2 is 1.76 bits per heavy atom. The van der Waals surface area contributed by atoms with Gasteiger partial charge in [-0.2, -0.15) is 0 Å². The van der Waals surface area contributed by atoms with Gasteiger partial charge < -0.3 is 19.5 Å². The second kappa shape index (κ2) is 6.39. The highest BCUT2D eigenvalue weighted by Crippen LogP contribution is 2.36. The standard InChI is InChI=1S/C20H23NO4/c1-20(2,3)25-19(24)21-11-16(17(12-21)18(22)23)15-10-6-8-13-7-4-5-9-14(13)15/h4-10,16-17H,11-12H2,1-3H3,(H,22,23)/p-1/t16-,17+/m0/s1. The summed E-state index contributed by atoms with van der Waals surface area (Å²) in [6.45, 7) is 5.78. The van der Waals surface area contributed by atoms with E-state index in [1.807, 2.05) is 42.5 Å². The molecule has 0 unspecified atom stereocenters. The number of carbonyl (C=O) groups is 2. The molecular weight excluding hydrogens is 318 g/mol. The van der Waals surface area contributed by atoms with Crippen molar-refractivity contribution in [3.8, 4) is 0 Å². The SMILES string of the molecule is CC(C)(C)OC(=O)N1C[C@@H](C(=O)[O-])[C@H](c2cccc3ccccc23)C1. The van der Waals surface area contributed by atoms with Gasteiger partial charge in [-0.3, -0.25) is 0 Å². The summed E-state index contributed by atoms with van der Waals surface area (Å²) in [6, 6.07) is 13.7. The molecule has 25 heavy (non-hydrogen) atoms. The molecule has 2 aromatic rings. The monoisotopic (exact) mass is 340 g/mol. The van der Waals surface area contributed by atoms with Gasteiger partial charge in [-0.25, -0.2) is 4.79 Å². The van der Waals surface area contributed by atoms with Crippen LogP contribution in [0.15, 0.2) is 42.5 Å². The molecule has 1 fully saturated rings. The van der Waals surface area contributed by atoms with E-state index in [1.165, 1.54) is 4.90 Å². The van der Waals surface area contributed by atoms with Crippen molar-refractivity contribution in [1.82, 2.24) is 4.90 Å². The third-order valence-electron chi connectivity index (χ3n) is 4.50. The number of carboxylic acids is 1. The molecule has 3 rings (SSSR count). The number of ether oxygens (including phenoxy) is 1. The number of carboxylic acid groups (broad SMARTS) is 1. The van der Waals surface area contributed by atoms with Crippen molar-refractivity contribution in [2.75, 3.05) is 13.1 Å². The van der Waals surface area contributed by atoms with Gasteiger partial charge in [0.05, 0.1) is 0 Å². The molecule has 0 radical (unpaired) electrons. The van der Waals surface area contributed by atoms with Crippen molar-refractivity contribution in [3.63, 3.8) is 0 Å². The minimum atomic E-state index is -1.14. The van der Waals surface area contributed by atoms with Crippen LogP contribution in [0.25, 0.3) is 10.8 Å². The largest absolute Gasteiger partial charge is 0.550 e. The van der Waals surface area contributed by atoms with E-state index in [2.05, 4.69) is 0 Å². The molecule has 1 aliphatic rings. The summed E-state index contributed by atoms with van der Waals surface area (Å²) in [4.78, 5) is 25.5. The Kier molecular flexibility index (Phi) is 4.41. The van der Waals surface area contributed by atoms with E-state index in [0.29, 0.717) is 6.54 Å². The number of hydrogen-bond donors (Lipinski definition) is 0. The predicted octanol–water partition coefficient (Wildman–Crippen LogP) is 2.54. The van der Waals surface area contributed by atoms with Gasteiger partial charge in [0.15, 0.2) is 0 Å². The molecule has 1 heterocycles. The third-order valence-corrected chi connectivity index (χ3v) is 4.50. The highest BCUT2D eigenvalue weighted by molar-refractivity contribution is 5.87. The number of aliphatic carboxylic acids is 1. The van der Waals surface area contributed by atoms with E-state index >= 15 is 0 Å². The maximum atomic E-state index is 12.4. The van der Waals surface area contributed by atoms with Crippen molar-refractivity contribution < 1.29 is 19.4 Å². The maximum absolute atomic E-state index is 12.4. The third kappa shape index (κ3) is 3.60. The topological polar surface area (TPSA) is 69.7 Å². The quantitative estimate of drug-likeness (QED) is 0.842. The number of carbonyl (C=O) groups excluding carboxylic acids is 2. The second-order valence-electron chi connectivity index (χ2n) is 7.49. The van der Waals surface area contributed by atoms with Gasteiger partial charge in [0.2, 0.25) is 0 Å². The van der Waals surface area contributed by atoms with Crippen molar-refractivity contribution >= 4 is 22.8 Å². The number of likely N-dealkylation sites (tertiary alicyclic amines) is 1. The Morgan fingerprint density at radius 3 is 2.44 bits per heavy atom. The van der Waals surface area contributed by atoms with Gasteiger partial charge in [0.1, 0.15) is 5.60 Å². The van der Waals surface area contributed by atoms with Crippen LogP contribution < -0.4 is 5.11 Å². The zero-order valence-electron chi connectivity index (χ0n) is 14.7. The molecule has 2 atom stereocenters. The van der Waals surface area contributed by atoms with E-state index in [9.17, 15) is 14.7 Å². The minimum absolute atomic E-state index is 0.102. The van der Waals surface area contributed by atoms with Gasteiger partial charge in [0, 0.05) is 30.9 Å². The molecule has 0 aromatic heterocycles. The van der Waals surface area contributed by atoms with Crippen molar-refractivity contribution in [3.05, 3.63) is 48.0 Å². The lowest BCUT2D eigenvalue weighted by Gasteiger charge is -2.24. The molecule has 1 saturated heterocycles. The van der Waals surface area contributed by atoms with Gasteiger partial charge in [-0.05, 0) is 37.1 Å². The Balaban J connectivity index is 1.94. The first-order chi connectivity index (χ1) is 11.8. The number of nitrogens with zero attached hydrogens (tertiary/aromatic N) is 1. The van der Waals surface area contributed by atoms with Gasteiger partial charge in [-0.15, -0.1) is 0 Å². The lowest BCUT2D eigenvalue weighted by molar-refractivity contribution is -0.311. The zero-order chi connectivity index (χ0) is 18.2. The van der Waals surface area contributed by atoms with Gasteiger partial charge in [0.25, 0.3) is 0 Å². The Hall–Kier alpha value is -2.56. The summed E-state index contributed by atoms with van der Waals surface area (Å²) in [7, 11) is 0. The van der Waals surface area contributed by atoms with Crippen molar-refractivity contribution in [1.29, 1.82) is 0 Å². The molecule has 0 saturated carbocycles. The molecule has 0 spiro atoms. The highest BCUT2D eigenvalue weighted by Gasteiger charge is 2.39. The predicted molar refractivity (Wildman–Crippen MR) is 93.0 cm³/mol. The van der Waals surface area contributed by atoms with E-state index in [4.69, 9.17) is 4.74 Å². The Morgan fingerprint density at radius 1 is 1.08 bits per heavy atom. The van der Waals surface area contributed by atoms with Crippen LogP contribution >= 0.6 is 0 Å². The molecule has 5 nitrogen and oxygen atoms in total. The summed E-state index contributed by atoms with van der Waals surface area (Å²) in [6.07, 6.45) is -0.485. The second-order valence-corrected chi connectivity index (χ2v) is 7.49. The normalized spacial score (nSPS) is 20.7. The molecule has 0 N–H and O–H groups in total. The first kappa shape index (κ1) is 17.3. The van der Waals surface area contributed by atoms with Crippen LogP contribution in [0.2, 0.25) is 0 Å². The average Bonchev–Trinajstić information content (AvgIpc) is 2.98. The summed E-state index contributed by atoms with van der Waals surface area (Å²) in [5.41, 5.74) is 0.310. The first-order valence-electron chi connectivity index (χ1n) is 8.43. The lowest BCUT2D eigenvalue weighted by Crippen LogP contribution is -2.38. The molecule has 0 bridgehead atoms. The summed E-state index contributed by atoms with van der Waals surface area (Å²) in [5.74, 6) is -2.20. The van der Waals surface area contributed by atoms with E-state index in [0.717, 1.165) is 16.3 Å². The summed E-state index contributed by atoms with van der Waals surface area (Å²) >= 11 is 0. The molecule has 5 heteroatoms. The lowest BCUT2D eigenvalue weighted by atomic mass is 9.86. The average molecular weight is 340 g/mol. The number of amides is 1. The minimum Gasteiger partial charge on any atom is -0.550 e. The fraction of sp³-hybridized carbons (Fsp3) is 0.400. The number of benzene rings is 2. The number of hydrogen-bond acceptors (Lipinski definition) is 4. The summed E-state index contributed by atoms with van der Waals surface area (Å²) < 4.78 is 5.40. The molecule has 1 aliphatic heterocycles. The fourth-order valence-electron chi connectivity index (χ4n) is 3.41. The Labute approximate surface area is 147 Å². The molecular formula is C20H22NO4-. The smallest absolute Gasteiger partial charge is 0.410 e. The molecule has 2 aromatic carbocycles. The van der Waals surface area contributed by atoms with Gasteiger partial charge in [-0.1, -0.05) is 42.5 Å². The highest BCUT2D eigenvalue weighted by atomic mass is 16.6. The van der Waals surface area contributed by atoms with Crippen molar-refractivity contribution in [2.24, 2.45) is 5.92 Å². The molecule has 0 aliphatic carbocycles. The number of fused-ring (bicyclic) bond motifs is 1. The van der Waals surface area contributed by atoms with Crippen LogP contribution in [0.3, 0.4) is 0 Å². The first-order valence-corrected chi connectivity index (χ1v) is 8.43. The van der Waals surface area contributed by atoms with Gasteiger partial charge >= 0.3 is 6.09 Å². The van der Waals surface area contributed by atoms with E-state index in [-0.39, 0.29) is 12.5 Å². The van der Waals surface area contributed by atoms with Crippen LogP contribution in [0.4, 0.5) is 4.79 Å². The zero-order valence-corrected chi connectivity index (χ0v) is 14.7. The van der Waals surface area contributed by atoms with Crippen LogP contribution in [0.5, 0.6) is 0 Å². The van der Waals surface area contributed by atoms with Crippen LogP contribution in [0.1, 0.15) is 32.3 Å². The maximum Gasteiger partial charge on any atom is 0.410 e. The van der Waals surface area contributed by atoms with E-state index < -0.39 is 23.6 Å². The Bertz CT molecular complexity index is 803. The fourth-order valence-corrected chi connectivity index (χ4v) is 3.41. The number of rotatable bonds is 2. The summed E-state index contributed by atoms with van der Waals surface area (Å²) in [5, 5.41) is 13.7.